The van der Waals surface area contributed by atoms with Crippen molar-refractivity contribution in [1.29, 1.82) is 0 Å². The van der Waals surface area contributed by atoms with E-state index in [4.69, 9.17) is 0 Å². The van der Waals surface area contributed by atoms with Crippen molar-refractivity contribution < 1.29 is 0 Å². The average Bonchev–Trinajstić information content (AvgIpc) is 3.02. The number of hydrogen-bond acceptors (Lipinski definition) is 2. The van der Waals surface area contributed by atoms with Crippen LogP contribution in [0.3, 0.4) is 0 Å². The molecule has 2 heteroatoms. The normalized spacial score (nSPS) is 12.4. The van der Waals surface area contributed by atoms with Crippen molar-refractivity contribution in [2.24, 2.45) is 0 Å². The molecule has 0 amide bonds. The van der Waals surface area contributed by atoms with E-state index >= 15 is 0 Å². The summed E-state index contributed by atoms with van der Waals surface area (Å²) in [4.78, 5) is 6.06. The Bertz CT molecular complexity index is 517. The van der Waals surface area contributed by atoms with E-state index in [9.17, 15) is 0 Å². The fourth-order valence-electron chi connectivity index (χ4n) is 2.89. The maximum atomic E-state index is 2.45. The zero-order chi connectivity index (χ0) is 16.6. The van der Waals surface area contributed by atoms with Crippen LogP contribution in [0.4, 0.5) is 0 Å². The predicted molar refractivity (Wildman–Crippen MR) is 104 cm³/mol. The molecule has 0 aliphatic rings. The SMILES string of the molecule is CC(C)c1cc(-c2cc(C(C)C)c(C(C)C)s2)sc1C(C)C. The lowest BCUT2D eigenvalue weighted by Gasteiger charge is -2.08. The van der Waals surface area contributed by atoms with Gasteiger partial charge in [0.2, 0.25) is 0 Å². The van der Waals surface area contributed by atoms with Crippen molar-refractivity contribution in [2.75, 3.05) is 0 Å². The van der Waals surface area contributed by atoms with E-state index < -0.39 is 0 Å². The smallest absolute Gasteiger partial charge is 0.0448 e. The summed E-state index contributed by atoms with van der Waals surface area (Å²) in [6, 6.07) is 4.90. The molecule has 0 fully saturated rings. The van der Waals surface area contributed by atoms with Gasteiger partial charge < -0.3 is 0 Å². The van der Waals surface area contributed by atoms with Crippen LogP contribution >= 0.6 is 22.7 Å². The standard InChI is InChI=1S/C20H30S2/c1-11(2)15-9-17(21-19(15)13(5)6)18-10-16(12(3)4)20(22-18)14(7)8/h9-14H,1-8H3. The molecule has 0 aliphatic carbocycles. The molecule has 2 aromatic heterocycles. The third-order valence-corrected chi connectivity index (χ3v) is 7.22. The van der Waals surface area contributed by atoms with Crippen LogP contribution in [0.15, 0.2) is 12.1 Å². The van der Waals surface area contributed by atoms with Crippen molar-refractivity contribution in [2.45, 2.75) is 79.1 Å². The van der Waals surface area contributed by atoms with Crippen molar-refractivity contribution in [3.63, 3.8) is 0 Å². The minimum Gasteiger partial charge on any atom is -0.139 e. The van der Waals surface area contributed by atoms with E-state index in [0.29, 0.717) is 23.7 Å². The Morgan fingerprint density at radius 3 is 1.05 bits per heavy atom. The fourth-order valence-corrected chi connectivity index (χ4v) is 5.60. The molecule has 0 spiro atoms. The molecule has 2 rings (SSSR count). The summed E-state index contributed by atoms with van der Waals surface area (Å²) < 4.78 is 0. The van der Waals surface area contributed by atoms with Crippen LogP contribution in [-0.4, -0.2) is 0 Å². The number of thiophene rings is 2. The highest BCUT2D eigenvalue weighted by Crippen LogP contribution is 2.44. The molecule has 0 aromatic carbocycles. The Kier molecular flexibility index (Phi) is 5.55. The molecule has 0 aliphatic heterocycles. The topological polar surface area (TPSA) is 0 Å². The number of hydrogen-bond donors (Lipinski definition) is 0. The summed E-state index contributed by atoms with van der Waals surface area (Å²) in [6.45, 7) is 18.5. The van der Waals surface area contributed by atoms with Crippen LogP contribution in [0.25, 0.3) is 9.75 Å². The van der Waals surface area contributed by atoms with E-state index in [0.717, 1.165) is 0 Å². The lowest BCUT2D eigenvalue weighted by Crippen LogP contribution is -1.92. The summed E-state index contributed by atoms with van der Waals surface area (Å²) in [6.07, 6.45) is 0. The number of rotatable bonds is 5. The molecule has 0 nitrogen and oxygen atoms in total. The summed E-state index contributed by atoms with van der Waals surface area (Å²) >= 11 is 4.01. The first-order valence-electron chi connectivity index (χ1n) is 8.49. The van der Waals surface area contributed by atoms with E-state index in [1.807, 2.05) is 22.7 Å². The lowest BCUT2D eigenvalue weighted by molar-refractivity contribution is 0.809. The second-order valence-electron chi connectivity index (χ2n) is 7.48. The van der Waals surface area contributed by atoms with Gasteiger partial charge in [-0.1, -0.05) is 55.4 Å². The van der Waals surface area contributed by atoms with Crippen molar-refractivity contribution in [1.82, 2.24) is 0 Å². The molecule has 0 unspecified atom stereocenters. The molecule has 2 heterocycles. The van der Waals surface area contributed by atoms with Gasteiger partial charge in [0.25, 0.3) is 0 Å². The zero-order valence-corrected chi connectivity index (χ0v) is 16.9. The van der Waals surface area contributed by atoms with Crippen LogP contribution in [0, 0.1) is 0 Å². The van der Waals surface area contributed by atoms with Gasteiger partial charge >= 0.3 is 0 Å². The lowest BCUT2D eigenvalue weighted by atomic mass is 9.97. The highest BCUT2D eigenvalue weighted by molar-refractivity contribution is 7.22. The summed E-state index contributed by atoms with van der Waals surface area (Å²) in [5.74, 6) is 2.45. The summed E-state index contributed by atoms with van der Waals surface area (Å²) in [5, 5.41) is 0. The maximum absolute atomic E-state index is 2.45. The predicted octanol–water partition coefficient (Wildman–Crippen LogP) is 7.97. The molecule has 0 bridgehead atoms. The highest BCUT2D eigenvalue weighted by Gasteiger charge is 2.20. The third-order valence-electron chi connectivity index (χ3n) is 4.12. The first kappa shape index (κ1) is 17.7. The average molecular weight is 335 g/mol. The van der Waals surface area contributed by atoms with Crippen molar-refractivity contribution in [3.05, 3.63) is 33.0 Å². The quantitative estimate of drug-likeness (QED) is 0.520. The minimum atomic E-state index is 0.608. The van der Waals surface area contributed by atoms with Gasteiger partial charge in [-0.2, -0.15) is 0 Å². The molecule has 2 aromatic rings. The van der Waals surface area contributed by atoms with Gasteiger partial charge in [0.1, 0.15) is 0 Å². The van der Waals surface area contributed by atoms with Gasteiger partial charge in [0.05, 0.1) is 0 Å². The summed E-state index contributed by atoms with van der Waals surface area (Å²) in [5.41, 5.74) is 3.08. The maximum Gasteiger partial charge on any atom is 0.0448 e. The van der Waals surface area contributed by atoms with Gasteiger partial charge in [-0.3, -0.25) is 0 Å². The Morgan fingerprint density at radius 2 is 0.864 bits per heavy atom. The molecular formula is C20H30S2. The van der Waals surface area contributed by atoms with Gasteiger partial charge in [-0.25, -0.2) is 0 Å². The first-order chi connectivity index (χ1) is 10.2. The Hall–Kier alpha value is -0.600. The van der Waals surface area contributed by atoms with Crippen LogP contribution in [0.1, 0.15) is 99.9 Å². The Morgan fingerprint density at radius 1 is 0.545 bits per heavy atom. The molecule has 0 radical (unpaired) electrons. The molecule has 22 heavy (non-hydrogen) atoms. The molecule has 0 atom stereocenters. The van der Waals surface area contributed by atoms with E-state index in [2.05, 4.69) is 67.5 Å². The second kappa shape index (κ2) is 6.88. The van der Waals surface area contributed by atoms with Gasteiger partial charge in [0, 0.05) is 19.5 Å². The minimum absolute atomic E-state index is 0.608. The highest BCUT2D eigenvalue weighted by atomic mass is 32.1. The van der Waals surface area contributed by atoms with Crippen molar-refractivity contribution >= 4 is 22.7 Å². The van der Waals surface area contributed by atoms with Crippen LogP contribution in [0.5, 0.6) is 0 Å². The van der Waals surface area contributed by atoms with Gasteiger partial charge in [0.15, 0.2) is 0 Å². The van der Waals surface area contributed by atoms with Crippen LogP contribution < -0.4 is 0 Å². The van der Waals surface area contributed by atoms with E-state index in [-0.39, 0.29) is 0 Å². The Labute approximate surface area is 144 Å². The van der Waals surface area contributed by atoms with E-state index in [1.165, 1.54) is 9.75 Å². The van der Waals surface area contributed by atoms with Crippen LogP contribution in [0.2, 0.25) is 0 Å². The fraction of sp³-hybridized carbons (Fsp3) is 0.600. The molecular weight excluding hydrogens is 304 g/mol. The van der Waals surface area contributed by atoms with Crippen LogP contribution in [-0.2, 0) is 0 Å². The first-order valence-corrected chi connectivity index (χ1v) is 10.1. The molecule has 0 N–H and O–H groups in total. The van der Waals surface area contributed by atoms with Gasteiger partial charge in [-0.05, 0) is 46.9 Å². The molecule has 122 valence electrons. The largest absolute Gasteiger partial charge is 0.139 e. The summed E-state index contributed by atoms with van der Waals surface area (Å²) in [7, 11) is 0. The third kappa shape index (κ3) is 3.49. The monoisotopic (exact) mass is 334 g/mol. The Balaban J connectivity index is 2.53. The second-order valence-corrected chi connectivity index (χ2v) is 9.65. The zero-order valence-electron chi connectivity index (χ0n) is 15.3. The van der Waals surface area contributed by atoms with Gasteiger partial charge in [-0.15, -0.1) is 22.7 Å². The molecule has 0 saturated heterocycles. The molecule has 0 saturated carbocycles. The van der Waals surface area contributed by atoms with E-state index in [1.54, 1.807) is 20.9 Å². The van der Waals surface area contributed by atoms with Crippen molar-refractivity contribution in [3.8, 4) is 9.75 Å².